The molecule has 2 atom stereocenters. The number of ether oxygens (including phenoxy) is 2. The maximum atomic E-state index is 13.4. The van der Waals surface area contributed by atoms with Crippen LogP contribution in [0.4, 0.5) is 8.78 Å². The maximum Gasteiger partial charge on any atom is 0.280 e. The normalized spacial score (nSPS) is 23.1. The minimum absolute atomic E-state index is 0.00546. The molecule has 0 saturated carbocycles. The first-order valence-corrected chi connectivity index (χ1v) is 10.1. The van der Waals surface area contributed by atoms with Crippen LogP contribution in [0.25, 0.3) is 5.78 Å². The van der Waals surface area contributed by atoms with E-state index < -0.39 is 6.43 Å². The Kier molecular flexibility index (Phi) is 6.29. The Balaban J connectivity index is 1.37. The van der Waals surface area contributed by atoms with Gasteiger partial charge in [0, 0.05) is 25.6 Å². The maximum absolute atomic E-state index is 13.4. The van der Waals surface area contributed by atoms with Gasteiger partial charge in [-0.25, -0.2) is 13.8 Å². The summed E-state index contributed by atoms with van der Waals surface area (Å²) in [5, 5.41) is 3.81. The van der Waals surface area contributed by atoms with E-state index in [-0.39, 0.29) is 36.0 Å². The van der Waals surface area contributed by atoms with E-state index in [9.17, 15) is 13.6 Å². The molecule has 158 valence electrons. The summed E-state index contributed by atoms with van der Waals surface area (Å²) in [6.07, 6.45) is 3.32. The smallest absolute Gasteiger partial charge is 0.280 e. The van der Waals surface area contributed by atoms with Crippen LogP contribution < -0.4 is 0 Å². The third-order valence-electron chi connectivity index (χ3n) is 5.52. The van der Waals surface area contributed by atoms with Gasteiger partial charge in [-0.05, 0) is 38.2 Å². The highest BCUT2D eigenvalue weighted by Gasteiger charge is 2.28. The zero-order valence-electron chi connectivity index (χ0n) is 16.2. The molecule has 1 amide bonds. The molecule has 2 fully saturated rings. The second-order valence-corrected chi connectivity index (χ2v) is 7.56. The van der Waals surface area contributed by atoms with Gasteiger partial charge in [0.25, 0.3) is 12.2 Å². The SMILES string of the molecule is O=C(COC[C@H]1CCCCO1)N1CCC[C@H](c2cc(C(F)F)n3ncnc3n2)C1. The van der Waals surface area contributed by atoms with Gasteiger partial charge in [0.2, 0.25) is 5.91 Å². The van der Waals surface area contributed by atoms with Crippen molar-refractivity contribution in [3.63, 3.8) is 0 Å². The van der Waals surface area contributed by atoms with Crippen molar-refractivity contribution >= 4 is 11.7 Å². The minimum atomic E-state index is -2.68. The lowest BCUT2D eigenvalue weighted by atomic mass is 9.94. The van der Waals surface area contributed by atoms with Crippen LogP contribution in [0.15, 0.2) is 12.4 Å². The van der Waals surface area contributed by atoms with Gasteiger partial charge < -0.3 is 14.4 Å². The van der Waals surface area contributed by atoms with Crippen LogP contribution >= 0.6 is 0 Å². The Morgan fingerprint density at radius 2 is 2.21 bits per heavy atom. The van der Waals surface area contributed by atoms with Crippen molar-refractivity contribution in [3.05, 3.63) is 23.8 Å². The Hall–Kier alpha value is -2.20. The summed E-state index contributed by atoms with van der Waals surface area (Å²) < 4.78 is 39.1. The standard InChI is InChI=1S/C19H25F2N5O3/c20-18(21)16-8-15(24-19-22-12-23-26(16)19)13-4-3-6-25(9-13)17(27)11-28-10-14-5-1-2-7-29-14/h8,12-14,18H,1-7,9-11H2/t13-,14+/m0/s1. The van der Waals surface area contributed by atoms with Gasteiger partial charge in [-0.2, -0.15) is 14.6 Å². The topological polar surface area (TPSA) is 81.9 Å². The zero-order chi connectivity index (χ0) is 20.2. The number of carbonyl (C=O) groups excluding carboxylic acids is 1. The minimum Gasteiger partial charge on any atom is -0.376 e. The zero-order valence-corrected chi connectivity index (χ0v) is 16.2. The van der Waals surface area contributed by atoms with Gasteiger partial charge in [-0.1, -0.05) is 0 Å². The van der Waals surface area contributed by atoms with Crippen LogP contribution in [0.5, 0.6) is 0 Å². The molecule has 2 aromatic rings. The largest absolute Gasteiger partial charge is 0.376 e. The number of hydrogen-bond donors (Lipinski definition) is 0. The molecule has 0 aliphatic carbocycles. The molecule has 2 aliphatic rings. The average molecular weight is 409 g/mol. The van der Waals surface area contributed by atoms with E-state index in [1.807, 2.05) is 0 Å². The van der Waals surface area contributed by atoms with Crippen LogP contribution in [0.3, 0.4) is 0 Å². The van der Waals surface area contributed by atoms with E-state index in [2.05, 4.69) is 15.1 Å². The van der Waals surface area contributed by atoms with Crippen LogP contribution in [-0.4, -0.2) is 69.4 Å². The van der Waals surface area contributed by atoms with E-state index in [1.54, 1.807) is 4.90 Å². The van der Waals surface area contributed by atoms with Crippen molar-refractivity contribution in [2.75, 3.05) is 32.9 Å². The second-order valence-electron chi connectivity index (χ2n) is 7.56. The first-order chi connectivity index (χ1) is 14.1. The van der Waals surface area contributed by atoms with Crippen LogP contribution in [-0.2, 0) is 14.3 Å². The summed E-state index contributed by atoms with van der Waals surface area (Å²) in [7, 11) is 0. The summed E-state index contributed by atoms with van der Waals surface area (Å²) in [5.74, 6) is -0.0613. The molecule has 10 heteroatoms. The summed E-state index contributed by atoms with van der Waals surface area (Å²) in [5.41, 5.74) is 0.289. The summed E-state index contributed by atoms with van der Waals surface area (Å²) in [4.78, 5) is 22.6. The summed E-state index contributed by atoms with van der Waals surface area (Å²) in [6.45, 7) is 2.24. The van der Waals surface area contributed by atoms with Gasteiger partial charge in [-0.15, -0.1) is 0 Å². The highest BCUT2D eigenvalue weighted by molar-refractivity contribution is 5.77. The van der Waals surface area contributed by atoms with Crippen molar-refractivity contribution < 1.29 is 23.0 Å². The van der Waals surface area contributed by atoms with Crippen LogP contribution in [0, 0.1) is 0 Å². The molecule has 2 aromatic heterocycles. The van der Waals surface area contributed by atoms with Gasteiger partial charge in [-0.3, -0.25) is 4.79 Å². The Morgan fingerprint density at radius 1 is 1.31 bits per heavy atom. The highest BCUT2D eigenvalue weighted by atomic mass is 19.3. The predicted octanol–water partition coefficient (Wildman–Crippen LogP) is 2.35. The van der Waals surface area contributed by atoms with Crippen LogP contribution in [0.2, 0.25) is 0 Å². The molecular weight excluding hydrogens is 384 g/mol. The quantitative estimate of drug-likeness (QED) is 0.729. The molecular formula is C19H25F2N5O3. The molecule has 29 heavy (non-hydrogen) atoms. The number of piperidine rings is 1. The van der Waals surface area contributed by atoms with Crippen molar-refractivity contribution in [1.29, 1.82) is 0 Å². The molecule has 8 nitrogen and oxygen atoms in total. The third-order valence-corrected chi connectivity index (χ3v) is 5.52. The number of amides is 1. The Bertz CT molecular complexity index is 840. The number of hydrogen-bond acceptors (Lipinski definition) is 6. The molecule has 0 aromatic carbocycles. The van der Waals surface area contributed by atoms with Crippen molar-refractivity contribution in [3.8, 4) is 0 Å². The first-order valence-electron chi connectivity index (χ1n) is 10.1. The third kappa shape index (κ3) is 4.69. The number of alkyl halides is 2. The fourth-order valence-electron chi connectivity index (χ4n) is 3.97. The fourth-order valence-corrected chi connectivity index (χ4v) is 3.97. The Labute approximate surface area is 167 Å². The van der Waals surface area contributed by atoms with Gasteiger partial charge in [0.15, 0.2) is 0 Å². The van der Waals surface area contributed by atoms with Gasteiger partial charge in [0.1, 0.15) is 18.6 Å². The monoisotopic (exact) mass is 409 g/mol. The molecule has 0 spiro atoms. The van der Waals surface area contributed by atoms with E-state index >= 15 is 0 Å². The first kappa shape index (κ1) is 20.1. The Morgan fingerprint density at radius 3 is 3.00 bits per heavy atom. The molecule has 2 aliphatic heterocycles. The van der Waals surface area contributed by atoms with E-state index in [0.717, 1.165) is 43.2 Å². The lowest BCUT2D eigenvalue weighted by Crippen LogP contribution is -2.41. The van der Waals surface area contributed by atoms with Gasteiger partial charge in [0.05, 0.1) is 18.4 Å². The molecule has 0 unspecified atom stereocenters. The van der Waals surface area contributed by atoms with E-state index in [4.69, 9.17) is 9.47 Å². The predicted molar refractivity (Wildman–Crippen MR) is 98.7 cm³/mol. The number of nitrogens with zero attached hydrogens (tertiary/aromatic N) is 5. The number of carbonyl (C=O) groups is 1. The van der Waals surface area contributed by atoms with Crippen molar-refractivity contribution in [1.82, 2.24) is 24.5 Å². The molecule has 0 bridgehead atoms. The molecule has 4 rings (SSSR count). The number of aromatic nitrogens is 4. The number of halogens is 2. The van der Waals surface area contributed by atoms with Gasteiger partial charge >= 0.3 is 0 Å². The molecule has 0 N–H and O–H groups in total. The summed E-state index contributed by atoms with van der Waals surface area (Å²) >= 11 is 0. The van der Waals surface area contributed by atoms with E-state index in [1.165, 1.54) is 12.4 Å². The second kappa shape index (κ2) is 9.08. The molecule has 4 heterocycles. The summed E-state index contributed by atoms with van der Waals surface area (Å²) in [6, 6.07) is 1.38. The molecule has 2 saturated heterocycles. The lowest BCUT2D eigenvalue weighted by Gasteiger charge is -2.32. The van der Waals surface area contributed by atoms with E-state index in [0.29, 0.717) is 25.4 Å². The van der Waals surface area contributed by atoms with Crippen molar-refractivity contribution in [2.45, 2.75) is 50.6 Å². The number of fused-ring (bicyclic) bond motifs is 1. The van der Waals surface area contributed by atoms with Crippen molar-refractivity contribution in [2.24, 2.45) is 0 Å². The highest BCUT2D eigenvalue weighted by Crippen LogP contribution is 2.29. The van der Waals surface area contributed by atoms with Crippen LogP contribution in [0.1, 0.15) is 55.8 Å². The average Bonchev–Trinajstić information content (AvgIpc) is 3.22. The number of rotatable bonds is 6. The number of likely N-dealkylation sites (tertiary alicyclic amines) is 1. The lowest BCUT2D eigenvalue weighted by molar-refractivity contribution is -0.139. The fraction of sp³-hybridized carbons (Fsp3) is 0.684. The molecule has 0 radical (unpaired) electrons.